The number of rotatable bonds is 4. The molecule has 136 valence electrons. The van der Waals surface area contributed by atoms with Crippen molar-refractivity contribution in [2.24, 2.45) is 0 Å². The summed E-state index contributed by atoms with van der Waals surface area (Å²) >= 11 is 0. The number of imidazole rings is 2. The van der Waals surface area contributed by atoms with E-state index in [4.69, 9.17) is 0 Å². The molecule has 4 aromatic heterocycles. The van der Waals surface area contributed by atoms with Crippen molar-refractivity contribution in [3.63, 3.8) is 0 Å². The molecule has 0 saturated carbocycles. The zero-order valence-electron chi connectivity index (χ0n) is 14.9. The predicted octanol–water partition coefficient (Wildman–Crippen LogP) is 2.38. The van der Waals surface area contributed by atoms with E-state index in [2.05, 4.69) is 57.7 Å². The molecule has 1 aliphatic heterocycles. The van der Waals surface area contributed by atoms with Crippen LogP contribution >= 0.6 is 0 Å². The third-order valence-electron chi connectivity index (χ3n) is 5.21. The molecule has 27 heavy (non-hydrogen) atoms. The molecule has 5 heterocycles. The van der Waals surface area contributed by atoms with Crippen molar-refractivity contribution >= 4 is 17.0 Å². The maximum absolute atomic E-state index is 4.66. The van der Waals surface area contributed by atoms with Gasteiger partial charge in [0.25, 0.3) is 0 Å². The Kier molecular flexibility index (Phi) is 4.00. The average Bonchev–Trinajstić information content (AvgIpc) is 3.38. The molecule has 0 bridgehead atoms. The van der Waals surface area contributed by atoms with Crippen LogP contribution in [0.15, 0.2) is 49.6 Å². The highest BCUT2D eigenvalue weighted by molar-refractivity contribution is 5.82. The van der Waals surface area contributed by atoms with Gasteiger partial charge in [-0.15, -0.1) is 0 Å². The van der Waals surface area contributed by atoms with E-state index in [-0.39, 0.29) is 0 Å². The summed E-state index contributed by atoms with van der Waals surface area (Å²) in [5.74, 6) is 2.56. The third kappa shape index (κ3) is 3.03. The highest BCUT2D eigenvalue weighted by Crippen LogP contribution is 2.31. The van der Waals surface area contributed by atoms with Crippen LogP contribution in [-0.2, 0) is 6.54 Å². The van der Waals surface area contributed by atoms with Gasteiger partial charge in [-0.3, -0.25) is 4.98 Å². The minimum Gasteiger partial charge on any atom is -0.355 e. The van der Waals surface area contributed by atoms with Crippen LogP contribution in [0, 0.1) is 0 Å². The zero-order valence-corrected chi connectivity index (χ0v) is 14.9. The third-order valence-corrected chi connectivity index (χ3v) is 5.21. The van der Waals surface area contributed by atoms with Gasteiger partial charge >= 0.3 is 0 Å². The van der Waals surface area contributed by atoms with Crippen LogP contribution in [0.25, 0.3) is 11.2 Å². The lowest BCUT2D eigenvalue weighted by molar-refractivity contribution is 0.469. The molecule has 1 saturated heterocycles. The maximum Gasteiger partial charge on any atom is 0.182 e. The van der Waals surface area contributed by atoms with Crippen molar-refractivity contribution in [2.75, 3.05) is 18.0 Å². The molecule has 5 rings (SSSR count). The van der Waals surface area contributed by atoms with E-state index in [9.17, 15) is 0 Å². The highest BCUT2D eigenvalue weighted by Gasteiger charge is 2.26. The molecule has 0 radical (unpaired) electrons. The van der Waals surface area contributed by atoms with Crippen LogP contribution in [0.4, 0.5) is 5.82 Å². The fourth-order valence-electron chi connectivity index (χ4n) is 3.84. The van der Waals surface area contributed by atoms with Gasteiger partial charge in [0.1, 0.15) is 17.7 Å². The van der Waals surface area contributed by atoms with Gasteiger partial charge in [-0.2, -0.15) is 0 Å². The average molecular weight is 360 g/mol. The monoisotopic (exact) mass is 360 g/mol. The van der Waals surface area contributed by atoms with Gasteiger partial charge in [-0.05, 0) is 30.5 Å². The van der Waals surface area contributed by atoms with E-state index in [1.54, 1.807) is 12.7 Å². The van der Waals surface area contributed by atoms with E-state index in [0.29, 0.717) is 5.92 Å². The van der Waals surface area contributed by atoms with Gasteiger partial charge in [0, 0.05) is 50.3 Å². The lowest BCUT2D eigenvalue weighted by Crippen LogP contribution is -2.34. The Morgan fingerprint density at radius 1 is 1.00 bits per heavy atom. The van der Waals surface area contributed by atoms with Gasteiger partial charge in [-0.1, -0.05) is 0 Å². The fourth-order valence-corrected chi connectivity index (χ4v) is 3.84. The number of pyridine rings is 1. The van der Waals surface area contributed by atoms with Crippen molar-refractivity contribution < 1.29 is 0 Å². The number of H-pyrrole nitrogens is 1. The standard InChI is InChI=1S/C19H20N8/c1-5-20-6-2-14(1)11-27-10-7-21-18(27)15-3-8-26(9-4-15)19-16-17(23-12-22-16)24-13-25-19/h1-2,5-7,10,12-13,15H,3-4,8-9,11H2,(H,22,23,24,25). The predicted molar refractivity (Wildman–Crippen MR) is 101 cm³/mol. The first-order chi connectivity index (χ1) is 13.4. The first-order valence-corrected chi connectivity index (χ1v) is 9.17. The smallest absolute Gasteiger partial charge is 0.182 e. The second kappa shape index (κ2) is 6.79. The van der Waals surface area contributed by atoms with Crippen molar-refractivity contribution in [1.29, 1.82) is 0 Å². The van der Waals surface area contributed by atoms with E-state index in [1.807, 2.05) is 18.6 Å². The van der Waals surface area contributed by atoms with Crippen molar-refractivity contribution in [3.8, 4) is 0 Å². The van der Waals surface area contributed by atoms with E-state index < -0.39 is 0 Å². The molecule has 8 heteroatoms. The molecule has 1 fully saturated rings. The van der Waals surface area contributed by atoms with Crippen LogP contribution < -0.4 is 4.90 Å². The quantitative estimate of drug-likeness (QED) is 0.601. The fraction of sp³-hybridized carbons (Fsp3) is 0.316. The lowest BCUT2D eigenvalue weighted by atomic mass is 9.95. The summed E-state index contributed by atoms with van der Waals surface area (Å²) in [5.41, 5.74) is 2.87. The van der Waals surface area contributed by atoms with Gasteiger partial charge in [0.05, 0.1) is 6.33 Å². The number of hydrogen-bond donors (Lipinski definition) is 1. The van der Waals surface area contributed by atoms with Crippen LogP contribution in [0.3, 0.4) is 0 Å². The molecule has 1 N–H and O–H groups in total. The number of nitrogens with one attached hydrogen (secondary N) is 1. The first-order valence-electron chi connectivity index (χ1n) is 9.17. The summed E-state index contributed by atoms with van der Waals surface area (Å²) in [6, 6.07) is 4.11. The number of anilines is 1. The molecule has 0 amide bonds. The minimum atomic E-state index is 0.456. The summed E-state index contributed by atoms with van der Waals surface area (Å²) < 4.78 is 2.26. The molecule has 1 aliphatic rings. The summed E-state index contributed by atoms with van der Waals surface area (Å²) in [6.45, 7) is 2.72. The van der Waals surface area contributed by atoms with E-state index >= 15 is 0 Å². The van der Waals surface area contributed by atoms with Crippen molar-refractivity contribution in [3.05, 3.63) is 61.0 Å². The number of hydrogen-bond acceptors (Lipinski definition) is 6. The summed E-state index contributed by atoms with van der Waals surface area (Å²) in [4.78, 5) is 27.1. The number of aromatic nitrogens is 7. The second-order valence-corrected chi connectivity index (χ2v) is 6.83. The second-order valence-electron chi connectivity index (χ2n) is 6.83. The molecule has 8 nitrogen and oxygen atoms in total. The summed E-state index contributed by atoms with van der Waals surface area (Å²) in [7, 11) is 0. The van der Waals surface area contributed by atoms with Crippen LogP contribution in [0.5, 0.6) is 0 Å². The minimum absolute atomic E-state index is 0.456. The lowest BCUT2D eigenvalue weighted by Gasteiger charge is -2.32. The molecule has 0 aromatic carbocycles. The summed E-state index contributed by atoms with van der Waals surface area (Å²) in [6.07, 6.45) is 13.0. The number of fused-ring (bicyclic) bond motifs is 1. The molecular formula is C19H20N8. The Hall–Kier alpha value is -3.29. The molecule has 4 aromatic rings. The Morgan fingerprint density at radius 3 is 2.70 bits per heavy atom. The van der Waals surface area contributed by atoms with Crippen molar-refractivity contribution in [2.45, 2.75) is 25.3 Å². The Bertz CT molecular complexity index is 1030. The molecule has 0 aliphatic carbocycles. The van der Waals surface area contributed by atoms with Crippen molar-refractivity contribution in [1.82, 2.24) is 34.5 Å². The highest BCUT2D eigenvalue weighted by atomic mass is 15.2. The SMILES string of the molecule is c1cc(Cn2ccnc2C2CCN(c3ncnc4nc[nH]c34)CC2)ccn1. The van der Waals surface area contributed by atoms with E-state index in [0.717, 1.165) is 49.5 Å². The van der Waals surface area contributed by atoms with Gasteiger partial charge in [0.2, 0.25) is 0 Å². The zero-order chi connectivity index (χ0) is 18.1. The van der Waals surface area contributed by atoms with Crippen LogP contribution in [0.1, 0.15) is 30.1 Å². The largest absolute Gasteiger partial charge is 0.355 e. The molecule has 0 spiro atoms. The Labute approximate surface area is 156 Å². The van der Waals surface area contributed by atoms with Crippen LogP contribution in [0.2, 0.25) is 0 Å². The summed E-state index contributed by atoms with van der Waals surface area (Å²) in [5, 5.41) is 0. The Balaban J connectivity index is 1.31. The van der Waals surface area contributed by atoms with Gasteiger partial charge in [0.15, 0.2) is 11.5 Å². The molecular weight excluding hydrogens is 340 g/mol. The molecule has 0 atom stereocenters. The number of piperidine rings is 1. The number of aromatic amines is 1. The normalized spacial score (nSPS) is 15.5. The van der Waals surface area contributed by atoms with Gasteiger partial charge < -0.3 is 14.5 Å². The van der Waals surface area contributed by atoms with Gasteiger partial charge in [-0.25, -0.2) is 19.9 Å². The first kappa shape index (κ1) is 15.9. The van der Waals surface area contributed by atoms with Crippen LogP contribution in [-0.4, -0.2) is 47.6 Å². The topological polar surface area (TPSA) is 88.4 Å². The van der Waals surface area contributed by atoms with E-state index in [1.165, 1.54) is 11.4 Å². The Morgan fingerprint density at radius 2 is 1.85 bits per heavy atom. The number of nitrogens with zero attached hydrogens (tertiary/aromatic N) is 7. The molecule has 0 unspecified atom stereocenters. The maximum atomic E-state index is 4.66.